The van der Waals surface area contributed by atoms with Crippen LogP contribution in [0.25, 0.3) is 10.4 Å². The summed E-state index contributed by atoms with van der Waals surface area (Å²) in [6, 6.07) is 15.9. The summed E-state index contributed by atoms with van der Waals surface area (Å²) in [6.45, 7) is 3.85. The van der Waals surface area contributed by atoms with E-state index in [1.807, 2.05) is 11.3 Å². The SMILES string of the molecule is O=C(NCC(=O)N1CCN(Cc2ccc(-c3ccc(Br)cc3)s2)CC1)c1ccco1. The lowest BCUT2D eigenvalue weighted by Crippen LogP contribution is -2.50. The molecular weight excluding hydrogens is 466 g/mol. The molecule has 0 saturated carbocycles. The number of hydrogen-bond donors (Lipinski definition) is 1. The minimum absolute atomic E-state index is 0.0129. The molecular formula is C22H22BrN3O3S. The monoisotopic (exact) mass is 487 g/mol. The van der Waals surface area contributed by atoms with Gasteiger partial charge < -0.3 is 14.6 Å². The van der Waals surface area contributed by atoms with Gasteiger partial charge in [-0.3, -0.25) is 14.5 Å². The molecule has 30 heavy (non-hydrogen) atoms. The van der Waals surface area contributed by atoms with Gasteiger partial charge in [0, 0.05) is 47.0 Å². The average Bonchev–Trinajstić information content (AvgIpc) is 3.45. The van der Waals surface area contributed by atoms with Crippen LogP contribution in [0.5, 0.6) is 0 Å². The Hall–Kier alpha value is -2.42. The first kappa shape index (κ1) is 20.8. The van der Waals surface area contributed by atoms with Crippen LogP contribution in [0.3, 0.4) is 0 Å². The van der Waals surface area contributed by atoms with Crippen molar-refractivity contribution in [3.63, 3.8) is 0 Å². The highest BCUT2D eigenvalue weighted by atomic mass is 79.9. The lowest BCUT2D eigenvalue weighted by Gasteiger charge is -2.34. The normalized spacial score (nSPS) is 14.6. The first-order chi connectivity index (χ1) is 14.6. The zero-order chi connectivity index (χ0) is 20.9. The van der Waals surface area contributed by atoms with Gasteiger partial charge >= 0.3 is 0 Å². The second-order valence-corrected chi connectivity index (χ2v) is 9.17. The van der Waals surface area contributed by atoms with Crippen LogP contribution in [0.4, 0.5) is 0 Å². The molecule has 3 heterocycles. The molecule has 1 saturated heterocycles. The summed E-state index contributed by atoms with van der Waals surface area (Å²) in [5.41, 5.74) is 1.22. The zero-order valence-corrected chi connectivity index (χ0v) is 18.7. The van der Waals surface area contributed by atoms with Crippen molar-refractivity contribution >= 4 is 39.1 Å². The summed E-state index contributed by atoms with van der Waals surface area (Å²) in [6.07, 6.45) is 1.44. The van der Waals surface area contributed by atoms with Gasteiger partial charge in [-0.1, -0.05) is 28.1 Å². The number of piperazine rings is 1. The molecule has 0 atom stereocenters. The van der Waals surface area contributed by atoms with Gasteiger partial charge in [0.05, 0.1) is 12.8 Å². The summed E-state index contributed by atoms with van der Waals surface area (Å²) in [5, 5.41) is 2.62. The smallest absolute Gasteiger partial charge is 0.287 e. The van der Waals surface area contributed by atoms with Crippen LogP contribution < -0.4 is 5.32 Å². The van der Waals surface area contributed by atoms with Gasteiger partial charge in [0.2, 0.25) is 5.91 Å². The number of benzene rings is 1. The average molecular weight is 488 g/mol. The molecule has 8 heteroatoms. The predicted octanol–water partition coefficient (Wildman–Crippen LogP) is 3.84. The fourth-order valence-electron chi connectivity index (χ4n) is 3.37. The summed E-state index contributed by atoms with van der Waals surface area (Å²) in [7, 11) is 0. The number of amides is 2. The number of nitrogens with zero attached hydrogens (tertiary/aromatic N) is 2. The molecule has 2 aromatic heterocycles. The molecule has 156 valence electrons. The molecule has 3 aromatic rings. The second-order valence-electron chi connectivity index (χ2n) is 7.09. The fraction of sp³-hybridized carbons (Fsp3) is 0.273. The van der Waals surface area contributed by atoms with Crippen molar-refractivity contribution in [3.8, 4) is 10.4 Å². The van der Waals surface area contributed by atoms with Crippen LogP contribution in [-0.2, 0) is 11.3 Å². The Labute approximate surface area is 187 Å². The van der Waals surface area contributed by atoms with Gasteiger partial charge in [-0.2, -0.15) is 0 Å². The first-order valence-electron chi connectivity index (χ1n) is 9.75. The Morgan fingerprint density at radius 2 is 1.80 bits per heavy atom. The highest BCUT2D eigenvalue weighted by Crippen LogP contribution is 2.30. The molecule has 6 nitrogen and oxygen atoms in total. The predicted molar refractivity (Wildman–Crippen MR) is 120 cm³/mol. The third-order valence-corrected chi connectivity index (χ3v) is 6.69. The zero-order valence-electron chi connectivity index (χ0n) is 16.3. The molecule has 1 fully saturated rings. The standard InChI is InChI=1S/C22H22BrN3O3S/c23-17-5-3-16(4-6-17)20-8-7-18(30-20)15-25-9-11-26(12-10-25)21(27)14-24-22(28)19-2-1-13-29-19/h1-8,13H,9-12,14-15H2,(H,24,28). The third-order valence-electron chi connectivity index (χ3n) is 5.04. The Morgan fingerprint density at radius 1 is 1.03 bits per heavy atom. The molecule has 0 spiro atoms. The number of carbonyl (C=O) groups is 2. The molecule has 1 aliphatic rings. The van der Waals surface area contributed by atoms with Gasteiger partial charge in [-0.15, -0.1) is 11.3 Å². The highest BCUT2D eigenvalue weighted by molar-refractivity contribution is 9.10. The van der Waals surface area contributed by atoms with Crippen molar-refractivity contribution in [1.29, 1.82) is 0 Å². The van der Waals surface area contributed by atoms with Crippen molar-refractivity contribution in [2.45, 2.75) is 6.54 Å². The molecule has 0 radical (unpaired) electrons. The molecule has 4 rings (SSSR count). The summed E-state index contributed by atoms with van der Waals surface area (Å²) >= 11 is 5.28. The van der Waals surface area contributed by atoms with E-state index in [1.54, 1.807) is 17.0 Å². The lowest BCUT2D eigenvalue weighted by atomic mass is 10.2. The quantitative estimate of drug-likeness (QED) is 0.573. The maximum Gasteiger partial charge on any atom is 0.287 e. The van der Waals surface area contributed by atoms with Crippen LogP contribution in [-0.4, -0.2) is 54.3 Å². The molecule has 0 bridgehead atoms. The topological polar surface area (TPSA) is 65.8 Å². The van der Waals surface area contributed by atoms with Gasteiger partial charge in [0.15, 0.2) is 5.76 Å². The van der Waals surface area contributed by atoms with E-state index >= 15 is 0 Å². The van der Waals surface area contributed by atoms with E-state index in [2.05, 4.69) is 62.5 Å². The van der Waals surface area contributed by atoms with Crippen LogP contribution in [0, 0.1) is 0 Å². The molecule has 2 amide bonds. The van der Waals surface area contributed by atoms with E-state index in [0.29, 0.717) is 13.1 Å². The third kappa shape index (κ3) is 5.19. The maximum atomic E-state index is 12.4. The number of hydrogen-bond acceptors (Lipinski definition) is 5. The van der Waals surface area contributed by atoms with E-state index in [1.165, 1.54) is 21.6 Å². The van der Waals surface area contributed by atoms with E-state index < -0.39 is 0 Å². The number of furan rings is 1. The second kappa shape index (κ2) is 9.59. The van der Waals surface area contributed by atoms with Crippen LogP contribution >= 0.6 is 27.3 Å². The van der Waals surface area contributed by atoms with E-state index in [9.17, 15) is 9.59 Å². The van der Waals surface area contributed by atoms with E-state index in [-0.39, 0.29) is 24.1 Å². The van der Waals surface area contributed by atoms with Crippen molar-refractivity contribution in [1.82, 2.24) is 15.1 Å². The van der Waals surface area contributed by atoms with E-state index in [0.717, 1.165) is 24.1 Å². The Balaban J connectivity index is 1.23. The number of halogens is 1. The van der Waals surface area contributed by atoms with Crippen LogP contribution in [0.15, 0.2) is 63.7 Å². The van der Waals surface area contributed by atoms with Crippen molar-refractivity contribution in [2.24, 2.45) is 0 Å². The maximum absolute atomic E-state index is 12.4. The number of nitrogens with one attached hydrogen (secondary N) is 1. The highest BCUT2D eigenvalue weighted by Gasteiger charge is 2.22. The molecule has 0 unspecified atom stereocenters. The number of thiophene rings is 1. The lowest BCUT2D eigenvalue weighted by molar-refractivity contribution is -0.131. The van der Waals surface area contributed by atoms with Gasteiger partial charge in [-0.05, 0) is 42.0 Å². The Morgan fingerprint density at radius 3 is 2.50 bits per heavy atom. The molecule has 1 aliphatic heterocycles. The largest absolute Gasteiger partial charge is 0.459 e. The van der Waals surface area contributed by atoms with Crippen molar-refractivity contribution in [2.75, 3.05) is 32.7 Å². The summed E-state index contributed by atoms with van der Waals surface area (Å²) < 4.78 is 6.11. The summed E-state index contributed by atoms with van der Waals surface area (Å²) in [5.74, 6) is -0.222. The number of rotatable bonds is 6. The molecule has 1 aromatic carbocycles. The van der Waals surface area contributed by atoms with Crippen LogP contribution in [0.1, 0.15) is 15.4 Å². The van der Waals surface area contributed by atoms with Crippen LogP contribution in [0.2, 0.25) is 0 Å². The van der Waals surface area contributed by atoms with Crippen molar-refractivity contribution < 1.29 is 14.0 Å². The minimum atomic E-state index is -0.369. The number of carbonyl (C=O) groups excluding carboxylic acids is 2. The fourth-order valence-corrected chi connectivity index (χ4v) is 4.69. The van der Waals surface area contributed by atoms with Gasteiger partial charge in [0.1, 0.15) is 0 Å². The Bertz CT molecular complexity index is 993. The minimum Gasteiger partial charge on any atom is -0.459 e. The summed E-state index contributed by atoms with van der Waals surface area (Å²) in [4.78, 5) is 31.0. The molecule has 0 aliphatic carbocycles. The van der Waals surface area contributed by atoms with Gasteiger partial charge in [-0.25, -0.2) is 0 Å². The molecule has 1 N–H and O–H groups in total. The first-order valence-corrected chi connectivity index (χ1v) is 11.4. The van der Waals surface area contributed by atoms with E-state index in [4.69, 9.17) is 4.42 Å². The van der Waals surface area contributed by atoms with Crippen molar-refractivity contribution in [3.05, 3.63) is 69.9 Å². The van der Waals surface area contributed by atoms with Gasteiger partial charge in [0.25, 0.3) is 5.91 Å². The Kier molecular flexibility index (Phi) is 6.66.